The monoisotopic (exact) mass is 406 g/mol. The zero-order chi connectivity index (χ0) is 20.7. The summed E-state index contributed by atoms with van der Waals surface area (Å²) in [6.45, 7) is 2.55. The summed E-state index contributed by atoms with van der Waals surface area (Å²) in [6.07, 6.45) is 1.80. The molecule has 1 amide bonds. The molecular formula is C20H26N2O5S. The maximum absolute atomic E-state index is 12.3. The van der Waals surface area contributed by atoms with Crippen LogP contribution in [0.5, 0.6) is 11.5 Å². The summed E-state index contributed by atoms with van der Waals surface area (Å²) in [6, 6.07) is 12.1. The van der Waals surface area contributed by atoms with E-state index in [1.165, 1.54) is 4.31 Å². The zero-order valence-electron chi connectivity index (χ0n) is 16.6. The third-order valence-corrected chi connectivity index (χ3v) is 5.52. The number of carbonyl (C=O) groups is 1. The molecule has 0 aliphatic rings. The van der Waals surface area contributed by atoms with Crippen molar-refractivity contribution in [3.8, 4) is 11.5 Å². The molecule has 0 unspecified atom stereocenters. The van der Waals surface area contributed by atoms with E-state index in [2.05, 4.69) is 5.32 Å². The molecule has 0 aliphatic carbocycles. The van der Waals surface area contributed by atoms with Crippen molar-refractivity contribution in [3.05, 3.63) is 53.6 Å². The number of benzene rings is 2. The summed E-state index contributed by atoms with van der Waals surface area (Å²) in [5.41, 5.74) is 2.02. The molecule has 0 aromatic heterocycles. The molecule has 0 saturated heterocycles. The second-order valence-corrected chi connectivity index (χ2v) is 8.08. The maximum Gasteiger partial charge on any atom is 0.251 e. The fourth-order valence-corrected chi connectivity index (χ4v) is 3.82. The molecule has 8 heteroatoms. The molecule has 0 bridgehead atoms. The van der Waals surface area contributed by atoms with Gasteiger partial charge in [0.05, 0.1) is 26.2 Å². The van der Waals surface area contributed by atoms with E-state index in [9.17, 15) is 13.2 Å². The van der Waals surface area contributed by atoms with Gasteiger partial charge < -0.3 is 14.8 Å². The number of anilines is 1. The van der Waals surface area contributed by atoms with Crippen LogP contribution in [0, 0.1) is 0 Å². The normalized spacial score (nSPS) is 11.0. The third-order valence-electron chi connectivity index (χ3n) is 4.25. The predicted molar refractivity (Wildman–Crippen MR) is 110 cm³/mol. The molecule has 0 saturated carbocycles. The Morgan fingerprint density at radius 3 is 2.21 bits per heavy atom. The van der Waals surface area contributed by atoms with Crippen molar-refractivity contribution in [1.29, 1.82) is 0 Å². The second-order valence-electron chi connectivity index (χ2n) is 6.17. The van der Waals surface area contributed by atoms with E-state index in [0.717, 1.165) is 11.8 Å². The lowest BCUT2D eigenvalue weighted by Crippen LogP contribution is -2.29. The van der Waals surface area contributed by atoms with Gasteiger partial charge in [-0.2, -0.15) is 0 Å². The highest BCUT2D eigenvalue weighted by Crippen LogP contribution is 2.27. The minimum Gasteiger partial charge on any atom is -0.493 e. The Balaban J connectivity index is 1.96. The first-order chi connectivity index (χ1) is 13.3. The lowest BCUT2D eigenvalue weighted by atomic mass is 10.1. The van der Waals surface area contributed by atoms with Crippen molar-refractivity contribution < 1.29 is 22.7 Å². The van der Waals surface area contributed by atoms with Crippen molar-refractivity contribution in [1.82, 2.24) is 5.32 Å². The van der Waals surface area contributed by atoms with Crippen LogP contribution in [0.25, 0.3) is 0 Å². The van der Waals surface area contributed by atoms with Crippen LogP contribution in [0.4, 0.5) is 5.69 Å². The Morgan fingerprint density at radius 2 is 1.68 bits per heavy atom. The quantitative estimate of drug-likeness (QED) is 0.691. The van der Waals surface area contributed by atoms with E-state index in [4.69, 9.17) is 9.47 Å². The minimum absolute atomic E-state index is 0.213. The van der Waals surface area contributed by atoms with Gasteiger partial charge in [0.15, 0.2) is 11.5 Å². The van der Waals surface area contributed by atoms with E-state index in [-0.39, 0.29) is 5.91 Å². The summed E-state index contributed by atoms with van der Waals surface area (Å²) in [4.78, 5) is 12.3. The molecule has 2 rings (SSSR count). The van der Waals surface area contributed by atoms with Crippen molar-refractivity contribution in [3.63, 3.8) is 0 Å². The Hall–Kier alpha value is -2.74. The van der Waals surface area contributed by atoms with Gasteiger partial charge in [-0.3, -0.25) is 9.10 Å². The zero-order valence-corrected chi connectivity index (χ0v) is 17.4. The minimum atomic E-state index is -3.34. The lowest BCUT2D eigenvalue weighted by Gasteiger charge is -2.20. The molecule has 0 aliphatic heterocycles. The molecule has 7 nitrogen and oxygen atoms in total. The van der Waals surface area contributed by atoms with Crippen LogP contribution in [0.2, 0.25) is 0 Å². The number of carbonyl (C=O) groups excluding carboxylic acids is 1. The predicted octanol–water partition coefficient (Wildman–Crippen LogP) is 2.46. The van der Waals surface area contributed by atoms with Crippen LogP contribution in [-0.2, 0) is 16.4 Å². The number of nitrogens with one attached hydrogen (secondary N) is 1. The average Bonchev–Trinajstić information content (AvgIpc) is 2.67. The Labute approximate surface area is 166 Å². The lowest BCUT2D eigenvalue weighted by molar-refractivity contribution is 0.0954. The smallest absolute Gasteiger partial charge is 0.251 e. The first kappa shape index (κ1) is 21.6. The number of ether oxygens (including phenoxy) is 2. The maximum atomic E-state index is 12.3. The summed E-state index contributed by atoms with van der Waals surface area (Å²) >= 11 is 0. The van der Waals surface area contributed by atoms with Gasteiger partial charge in [0.1, 0.15) is 0 Å². The van der Waals surface area contributed by atoms with Crippen LogP contribution >= 0.6 is 0 Å². The van der Waals surface area contributed by atoms with Crippen LogP contribution in [0.3, 0.4) is 0 Å². The van der Waals surface area contributed by atoms with Crippen molar-refractivity contribution in [2.45, 2.75) is 13.3 Å². The molecule has 152 valence electrons. The summed E-state index contributed by atoms with van der Waals surface area (Å²) < 4.78 is 35.3. The van der Waals surface area contributed by atoms with Crippen LogP contribution in [0.1, 0.15) is 22.8 Å². The molecule has 2 aromatic carbocycles. The average molecular weight is 407 g/mol. The summed E-state index contributed by atoms with van der Waals surface area (Å²) in [5.74, 6) is 1.09. The van der Waals surface area contributed by atoms with Gasteiger partial charge in [0, 0.05) is 18.7 Å². The molecule has 0 radical (unpaired) electrons. The molecule has 0 fully saturated rings. The Morgan fingerprint density at radius 1 is 1.04 bits per heavy atom. The number of rotatable bonds is 9. The molecule has 1 N–H and O–H groups in total. The van der Waals surface area contributed by atoms with E-state index in [1.54, 1.807) is 45.4 Å². The standard InChI is InChI=1S/C20H26N2O5S/c1-5-22(28(4,24)25)17-9-7-16(8-10-17)20(23)21-13-12-15-6-11-18(26-2)19(14-15)27-3/h6-11,14H,5,12-13H2,1-4H3,(H,21,23). The molecular weight excluding hydrogens is 380 g/mol. The third kappa shape index (κ3) is 5.39. The Bertz CT molecular complexity index is 911. The highest BCUT2D eigenvalue weighted by molar-refractivity contribution is 7.92. The fraction of sp³-hybridized carbons (Fsp3) is 0.350. The van der Waals surface area contributed by atoms with Crippen molar-refractivity contribution >= 4 is 21.6 Å². The molecule has 28 heavy (non-hydrogen) atoms. The SMILES string of the molecule is CCN(c1ccc(C(=O)NCCc2ccc(OC)c(OC)c2)cc1)S(C)(=O)=O. The number of sulfonamides is 1. The van der Waals surface area contributed by atoms with E-state index >= 15 is 0 Å². The molecule has 0 atom stereocenters. The largest absolute Gasteiger partial charge is 0.493 e. The van der Waals surface area contributed by atoms with Crippen LogP contribution < -0.4 is 19.1 Å². The van der Waals surface area contributed by atoms with Gasteiger partial charge in [-0.05, 0) is 55.3 Å². The molecule has 0 spiro atoms. The van der Waals surface area contributed by atoms with Crippen molar-refractivity contribution in [2.24, 2.45) is 0 Å². The van der Waals surface area contributed by atoms with Gasteiger partial charge in [-0.15, -0.1) is 0 Å². The highest BCUT2D eigenvalue weighted by atomic mass is 32.2. The first-order valence-corrected chi connectivity index (χ1v) is 10.7. The van der Waals surface area contributed by atoms with E-state index < -0.39 is 10.0 Å². The fourth-order valence-electron chi connectivity index (χ4n) is 2.85. The topological polar surface area (TPSA) is 84.9 Å². The van der Waals surface area contributed by atoms with Gasteiger partial charge in [0.2, 0.25) is 10.0 Å². The number of nitrogens with zero attached hydrogens (tertiary/aromatic N) is 1. The number of amides is 1. The van der Waals surface area contributed by atoms with Crippen molar-refractivity contribution in [2.75, 3.05) is 37.9 Å². The van der Waals surface area contributed by atoms with Gasteiger partial charge in [-0.25, -0.2) is 8.42 Å². The van der Waals surface area contributed by atoms with Gasteiger partial charge in [0.25, 0.3) is 5.91 Å². The number of hydrogen-bond acceptors (Lipinski definition) is 5. The summed E-state index contributed by atoms with van der Waals surface area (Å²) in [7, 11) is -0.181. The number of hydrogen-bond donors (Lipinski definition) is 1. The van der Waals surface area contributed by atoms with Crippen LogP contribution in [-0.4, -0.2) is 47.9 Å². The second kappa shape index (κ2) is 9.45. The summed E-state index contributed by atoms with van der Waals surface area (Å²) in [5, 5.41) is 2.86. The van der Waals surface area contributed by atoms with E-state index in [1.807, 2.05) is 18.2 Å². The van der Waals surface area contributed by atoms with Gasteiger partial charge >= 0.3 is 0 Å². The highest BCUT2D eigenvalue weighted by Gasteiger charge is 2.15. The number of methoxy groups -OCH3 is 2. The molecule has 2 aromatic rings. The van der Waals surface area contributed by atoms with Gasteiger partial charge in [-0.1, -0.05) is 6.07 Å². The first-order valence-electron chi connectivity index (χ1n) is 8.87. The molecule has 0 heterocycles. The Kier molecular flexibility index (Phi) is 7.28. The van der Waals surface area contributed by atoms with E-state index in [0.29, 0.717) is 42.3 Å². The van der Waals surface area contributed by atoms with Crippen LogP contribution in [0.15, 0.2) is 42.5 Å².